The van der Waals surface area contributed by atoms with Gasteiger partial charge in [-0.25, -0.2) is 4.79 Å². The van der Waals surface area contributed by atoms with Gasteiger partial charge in [0.05, 0.1) is 19.0 Å². The minimum atomic E-state index is -0.352. The molecule has 64 valence electrons. The van der Waals surface area contributed by atoms with E-state index in [0.717, 1.165) is 0 Å². The summed E-state index contributed by atoms with van der Waals surface area (Å²) in [7, 11) is 0. The summed E-state index contributed by atoms with van der Waals surface area (Å²) < 4.78 is 4.88. The number of nitriles is 1. The van der Waals surface area contributed by atoms with Crippen molar-refractivity contribution in [1.29, 1.82) is 5.26 Å². The Morgan fingerprint density at radius 2 is 2.67 bits per heavy atom. The molecule has 1 aliphatic heterocycles. The number of nitrogens with zero attached hydrogens (tertiary/aromatic N) is 2. The second-order valence-electron chi connectivity index (χ2n) is 2.56. The number of carbonyl (C=O) groups is 1. The van der Waals surface area contributed by atoms with E-state index in [4.69, 9.17) is 10.00 Å². The molecule has 1 saturated heterocycles. The minimum Gasteiger partial charge on any atom is -0.443 e. The van der Waals surface area contributed by atoms with E-state index in [1.165, 1.54) is 4.90 Å². The molecule has 0 spiro atoms. The van der Waals surface area contributed by atoms with Gasteiger partial charge in [-0.3, -0.25) is 0 Å². The van der Waals surface area contributed by atoms with Crippen LogP contribution in [-0.4, -0.2) is 30.2 Å². The molecule has 1 fully saturated rings. The monoisotopic (exact) mass is 166 g/mol. The standard InChI is InChI=1S/C8H10N2O2/c1-2-5-10-6-7(3-4-9)12-8(10)11/h2,7H,1,3,5-6H2. The van der Waals surface area contributed by atoms with Crippen LogP contribution in [0.25, 0.3) is 0 Å². The summed E-state index contributed by atoms with van der Waals surface area (Å²) in [5.41, 5.74) is 0. The Balaban J connectivity index is 2.45. The molecule has 12 heavy (non-hydrogen) atoms. The maximum Gasteiger partial charge on any atom is 0.410 e. The highest BCUT2D eigenvalue weighted by Gasteiger charge is 2.29. The molecule has 0 radical (unpaired) electrons. The average molecular weight is 166 g/mol. The third-order valence-corrected chi connectivity index (χ3v) is 1.62. The molecule has 0 saturated carbocycles. The first-order chi connectivity index (χ1) is 5.77. The number of rotatable bonds is 3. The van der Waals surface area contributed by atoms with Crippen molar-refractivity contribution < 1.29 is 9.53 Å². The third kappa shape index (κ3) is 1.76. The van der Waals surface area contributed by atoms with E-state index in [9.17, 15) is 4.79 Å². The zero-order chi connectivity index (χ0) is 8.97. The molecule has 1 heterocycles. The van der Waals surface area contributed by atoms with Crippen LogP contribution in [0.5, 0.6) is 0 Å². The molecule has 1 unspecified atom stereocenters. The lowest BCUT2D eigenvalue weighted by Crippen LogP contribution is -2.24. The van der Waals surface area contributed by atoms with Gasteiger partial charge in [-0.2, -0.15) is 5.26 Å². The molecule has 0 aromatic heterocycles. The largest absolute Gasteiger partial charge is 0.443 e. The van der Waals surface area contributed by atoms with E-state index in [1.807, 2.05) is 6.07 Å². The van der Waals surface area contributed by atoms with Crippen LogP contribution in [-0.2, 0) is 4.74 Å². The SMILES string of the molecule is C=CCN1CC(CC#N)OC1=O. The number of ether oxygens (including phenoxy) is 1. The second kappa shape index (κ2) is 3.77. The topological polar surface area (TPSA) is 53.3 Å². The average Bonchev–Trinajstić information content (AvgIpc) is 2.34. The van der Waals surface area contributed by atoms with Crippen LogP contribution in [0, 0.1) is 11.3 Å². The predicted octanol–water partition coefficient (Wildman–Crippen LogP) is 0.907. The van der Waals surface area contributed by atoms with Gasteiger partial charge in [0.15, 0.2) is 0 Å². The molecule has 1 aliphatic rings. The molecule has 4 nitrogen and oxygen atoms in total. The summed E-state index contributed by atoms with van der Waals surface area (Å²) in [6.07, 6.45) is 1.28. The highest BCUT2D eigenvalue weighted by atomic mass is 16.6. The van der Waals surface area contributed by atoms with Crippen molar-refractivity contribution in [3.05, 3.63) is 12.7 Å². The first-order valence-electron chi connectivity index (χ1n) is 3.71. The maximum atomic E-state index is 11.0. The fourth-order valence-electron chi connectivity index (χ4n) is 1.09. The Morgan fingerprint density at radius 1 is 1.92 bits per heavy atom. The first-order valence-corrected chi connectivity index (χ1v) is 3.71. The zero-order valence-electron chi connectivity index (χ0n) is 6.69. The number of carbonyl (C=O) groups excluding carboxylic acids is 1. The van der Waals surface area contributed by atoms with E-state index in [-0.39, 0.29) is 18.6 Å². The van der Waals surface area contributed by atoms with E-state index in [2.05, 4.69) is 6.58 Å². The number of hydrogen-bond donors (Lipinski definition) is 0. The number of hydrogen-bond acceptors (Lipinski definition) is 3. The van der Waals surface area contributed by atoms with E-state index < -0.39 is 0 Å². The fraction of sp³-hybridized carbons (Fsp3) is 0.500. The molecule has 1 rings (SSSR count). The summed E-state index contributed by atoms with van der Waals surface area (Å²) in [6.45, 7) is 4.50. The molecular weight excluding hydrogens is 156 g/mol. The van der Waals surface area contributed by atoms with Gasteiger partial charge in [-0.15, -0.1) is 6.58 Å². The van der Waals surface area contributed by atoms with Crippen LogP contribution in [0.2, 0.25) is 0 Å². The van der Waals surface area contributed by atoms with Gasteiger partial charge in [0.25, 0.3) is 0 Å². The smallest absolute Gasteiger partial charge is 0.410 e. The molecule has 4 heteroatoms. The van der Waals surface area contributed by atoms with Crippen molar-refractivity contribution in [2.45, 2.75) is 12.5 Å². The van der Waals surface area contributed by atoms with Gasteiger partial charge in [-0.05, 0) is 0 Å². The lowest BCUT2D eigenvalue weighted by Gasteiger charge is -2.07. The normalized spacial score (nSPS) is 21.8. The quantitative estimate of drug-likeness (QED) is 0.585. The van der Waals surface area contributed by atoms with E-state index in [0.29, 0.717) is 13.1 Å². The molecule has 0 aromatic carbocycles. The van der Waals surface area contributed by atoms with Crippen LogP contribution in [0.4, 0.5) is 4.79 Å². The minimum absolute atomic E-state index is 0.262. The molecule has 1 amide bonds. The Labute approximate surface area is 71.0 Å². The van der Waals surface area contributed by atoms with Crippen molar-refractivity contribution in [1.82, 2.24) is 4.90 Å². The van der Waals surface area contributed by atoms with Gasteiger partial charge < -0.3 is 9.64 Å². The highest BCUT2D eigenvalue weighted by Crippen LogP contribution is 2.12. The summed E-state index contributed by atoms with van der Waals surface area (Å²) >= 11 is 0. The van der Waals surface area contributed by atoms with Gasteiger partial charge in [0.2, 0.25) is 0 Å². The lowest BCUT2D eigenvalue weighted by molar-refractivity contribution is 0.135. The molecule has 0 N–H and O–H groups in total. The molecule has 0 aliphatic carbocycles. The summed E-state index contributed by atoms with van der Waals surface area (Å²) in [4.78, 5) is 12.5. The van der Waals surface area contributed by atoms with Crippen molar-refractivity contribution >= 4 is 6.09 Å². The van der Waals surface area contributed by atoms with Crippen molar-refractivity contribution in [2.24, 2.45) is 0 Å². The Kier molecular flexibility index (Phi) is 2.70. The van der Waals surface area contributed by atoms with E-state index in [1.54, 1.807) is 6.08 Å². The van der Waals surface area contributed by atoms with Crippen LogP contribution < -0.4 is 0 Å². The van der Waals surface area contributed by atoms with Crippen LogP contribution in [0.1, 0.15) is 6.42 Å². The number of amides is 1. The zero-order valence-corrected chi connectivity index (χ0v) is 6.69. The maximum absolute atomic E-state index is 11.0. The van der Waals surface area contributed by atoms with Crippen molar-refractivity contribution in [2.75, 3.05) is 13.1 Å². The Bertz CT molecular complexity index is 232. The fourth-order valence-corrected chi connectivity index (χ4v) is 1.09. The lowest BCUT2D eigenvalue weighted by atomic mass is 10.3. The van der Waals surface area contributed by atoms with Crippen molar-refractivity contribution in [3.8, 4) is 6.07 Å². The number of cyclic esters (lactones) is 1. The van der Waals surface area contributed by atoms with Crippen LogP contribution in [0.15, 0.2) is 12.7 Å². The highest BCUT2D eigenvalue weighted by molar-refractivity contribution is 5.70. The van der Waals surface area contributed by atoms with Crippen LogP contribution in [0.3, 0.4) is 0 Å². The first kappa shape index (κ1) is 8.60. The summed E-state index contributed by atoms with van der Waals surface area (Å²) in [5, 5.41) is 8.35. The Morgan fingerprint density at radius 3 is 3.25 bits per heavy atom. The second-order valence-corrected chi connectivity index (χ2v) is 2.56. The van der Waals surface area contributed by atoms with Gasteiger partial charge in [0, 0.05) is 6.54 Å². The summed E-state index contributed by atoms with van der Waals surface area (Å²) in [5.74, 6) is 0. The van der Waals surface area contributed by atoms with Gasteiger partial charge in [-0.1, -0.05) is 6.08 Å². The van der Waals surface area contributed by atoms with Gasteiger partial charge >= 0.3 is 6.09 Å². The van der Waals surface area contributed by atoms with E-state index >= 15 is 0 Å². The van der Waals surface area contributed by atoms with Crippen molar-refractivity contribution in [3.63, 3.8) is 0 Å². The Hall–Kier alpha value is -1.50. The molecule has 1 atom stereocenters. The molecular formula is C8H10N2O2. The molecule has 0 aromatic rings. The van der Waals surface area contributed by atoms with Crippen LogP contribution >= 0.6 is 0 Å². The molecule has 0 bridgehead atoms. The third-order valence-electron chi connectivity index (χ3n) is 1.62. The van der Waals surface area contributed by atoms with Gasteiger partial charge in [0.1, 0.15) is 6.10 Å². The summed E-state index contributed by atoms with van der Waals surface area (Å²) in [6, 6.07) is 1.96. The predicted molar refractivity (Wildman–Crippen MR) is 42.3 cm³/mol.